The summed E-state index contributed by atoms with van der Waals surface area (Å²) in [6, 6.07) is -0.740. The summed E-state index contributed by atoms with van der Waals surface area (Å²) in [6.07, 6.45) is 56.0. The number of aliphatic hydroxyl groups excluding tert-OH is 2. The van der Waals surface area contributed by atoms with Crippen molar-refractivity contribution in [2.45, 2.75) is 251 Å². The van der Waals surface area contributed by atoms with E-state index in [1.165, 1.54) is 122 Å². The van der Waals surface area contributed by atoms with E-state index in [9.17, 15) is 19.8 Å². The van der Waals surface area contributed by atoms with E-state index in [-0.39, 0.29) is 24.9 Å². The number of hydrogen-bond donors (Lipinski definition) is 3. The summed E-state index contributed by atoms with van der Waals surface area (Å²) in [4.78, 5) is 26.0. The Morgan fingerprint density at radius 1 is 0.517 bits per heavy atom. The van der Waals surface area contributed by atoms with Gasteiger partial charge in [0.05, 0.1) is 25.2 Å². The molecular formula is C52H93NO5. The van der Waals surface area contributed by atoms with E-state index in [1.54, 1.807) is 6.08 Å². The minimum Gasteiger partial charge on any atom is -0.458 e. The molecule has 0 heterocycles. The molecule has 0 bridgehead atoms. The highest BCUT2D eigenvalue weighted by molar-refractivity contribution is 5.78. The van der Waals surface area contributed by atoms with Crippen molar-refractivity contribution in [2.24, 2.45) is 0 Å². The van der Waals surface area contributed by atoms with Crippen LogP contribution in [0.15, 0.2) is 60.8 Å². The van der Waals surface area contributed by atoms with Crippen LogP contribution in [0.1, 0.15) is 233 Å². The lowest BCUT2D eigenvalue weighted by molar-refractivity contribution is -0.148. The fraction of sp³-hybridized carbons (Fsp3) is 0.769. The number of aliphatic hydroxyl groups is 2. The summed E-state index contributed by atoms with van der Waals surface area (Å²) >= 11 is 0. The van der Waals surface area contributed by atoms with Crippen LogP contribution in [0, 0.1) is 0 Å². The van der Waals surface area contributed by atoms with Crippen molar-refractivity contribution in [2.75, 3.05) is 6.61 Å². The second kappa shape index (κ2) is 45.6. The normalized spacial score (nSPS) is 13.8. The minimum atomic E-state index is -0.818. The maximum absolute atomic E-state index is 13.1. The van der Waals surface area contributed by atoms with E-state index in [4.69, 9.17) is 4.74 Å². The molecule has 0 aromatic heterocycles. The number of esters is 1. The second-order valence-corrected chi connectivity index (χ2v) is 16.5. The first kappa shape index (κ1) is 55.6. The van der Waals surface area contributed by atoms with Gasteiger partial charge in [0, 0.05) is 6.42 Å². The van der Waals surface area contributed by atoms with Gasteiger partial charge in [0.2, 0.25) is 5.91 Å². The van der Waals surface area contributed by atoms with Crippen molar-refractivity contribution in [3.05, 3.63) is 60.8 Å². The van der Waals surface area contributed by atoms with Crippen LogP contribution in [0.25, 0.3) is 0 Å². The Morgan fingerprint density at radius 2 is 0.897 bits per heavy atom. The van der Waals surface area contributed by atoms with Crippen molar-refractivity contribution in [3.8, 4) is 0 Å². The third-order valence-electron chi connectivity index (χ3n) is 10.9. The topological polar surface area (TPSA) is 95.9 Å². The molecule has 0 rings (SSSR count). The molecular weight excluding hydrogens is 719 g/mol. The van der Waals surface area contributed by atoms with E-state index < -0.39 is 18.2 Å². The number of ether oxygens (including phenoxy) is 1. The molecule has 3 unspecified atom stereocenters. The van der Waals surface area contributed by atoms with E-state index in [0.29, 0.717) is 19.3 Å². The smallest absolute Gasteiger partial charge is 0.306 e. The molecule has 0 saturated heterocycles. The highest BCUT2D eigenvalue weighted by Gasteiger charge is 2.23. The average Bonchev–Trinajstić information content (AvgIpc) is 3.22. The zero-order chi connectivity index (χ0) is 42.4. The Hall–Kier alpha value is -2.44. The zero-order valence-electron chi connectivity index (χ0n) is 38.2. The van der Waals surface area contributed by atoms with Crippen LogP contribution < -0.4 is 5.32 Å². The largest absolute Gasteiger partial charge is 0.458 e. The monoisotopic (exact) mass is 812 g/mol. The van der Waals surface area contributed by atoms with Gasteiger partial charge >= 0.3 is 5.97 Å². The maximum atomic E-state index is 13.1. The molecule has 0 fully saturated rings. The molecule has 0 aliphatic rings. The molecule has 0 aromatic carbocycles. The number of allylic oxidation sites excluding steroid dienone is 9. The second-order valence-electron chi connectivity index (χ2n) is 16.5. The standard InChI is InChI=1S/C52H93NO5/c1-4-7-10-13-16-19-22-24-26-28-30-32-35-38-41-44-50(55)49(47-54)53-51(56)46-48(58-52(57)45-42-39-36-33-21-18-15-12-9-6-3)43-40-37-34-31-29-27-25-23-20-17-14-11-8-5-2/h8,11,17,20,25,27,31,34,40,43,48-50,54-55H,4-7,9-10,12-16,18-19,21-24,26,28-30,32-33,35-39,41-42,44-47H2,1-3H3,(H,53,56)/b11-8+,20-17+,27-25+,34-31+,43-40+. The van der Waals surface area contributed by atoms with Crippen LogP contribution in [-0.4, -0.2) is 46.9 Å². The van der Waals surface area contributed by atoms with Crippen LogP contribution in [0.2, 0.25) is 0 Å². The first-order valence-corrected chi connectivity index (χ1v) is 24.5. The molecule has 0 spiro atoms. The third-order valence-corrected chi connectivity index (χ3v) is 10.9. The molecule has 0 aliphatic heterocycles. The Labute approximate surface area is 358 Å². The van der Waals surface area contributed by atoms with Gasteiger partial charge in [-0.1, -0.05) is 230 Å². The highest BCUT2D eigenvalue weighted by atomic mass is 16.5. The van der Waals surface area contributed by atoms with Gasteiger partial charge in [0.1, 0.15) is 6.10 Å². The summed E-state index contributed by atoms with van der Waals surface area (Å²) in [5, 5.41) is 23.7. The van der Waals surface area contributed by atoms with Crippen molar-refractivity contribution >= 4 is 11.9 Å². The number of nitrogens with one attached hydrogen (secondary N) is 1. The number of hydrogen-bond acceptors (Lipinski definition) is 5. The van der Waals surface area contributed by atoms with Crippen molar-refractivity contribution in [1.82, 2.24) is 5.32 Å². The average molecular weight is 812 g/mol. The Bertz CT molecular complexity index is 1050. The quantitative estimate of drug-likeness (QED) is 0.0324. The Balaban J connectivity index is 4.68. The number of rotatable bonds is 43. The van der Waals surface area contributed by atoms with Gasteiger partial charge in [-0.25, -0.2) is 0 Å². The van der Waals surface area contributed by atoms with Crippen molar-refractivity contribution in [1.29, 1.82) is 0 Å². The van der Waals surface area contributed by atoms with Gasteiger partial charge in [-0.2, -0.15) is 0 Å². The first-order chi connectivity index (χ1) is 28.5. The van der Waals surface area contributed by atoms with Gasteiger partial charge in [-0.05, 0) is 51.0 Å². The van der Waals surface area contributed by atoms with E-state index in [1.807, 2.05) is 6.08 Å². The van der Waals surface area contributed by atoms with Crippen LogP contribution in [0.3, 0.4) is 0 Å². The Morgan fingerprint density at radius 3 is 1.31 bits per heavy atom. The van der Waals surface area contributed by atoms with Crippen molar-refractivity contribution in [3.63, 3.8) is 0 Å². The molecule has 6 heteroatoms. The van der Waals surface area contributed by atoms with Crippen molar-refractivity contribution < 1.29 is 24.5 Å². The molecule has 1 amide bonds. The number of amides is 1. The fourth-order valence-corrected chi connectivity index (χ4v) is 7.16. The van der Waals surface area contributed by atoms with Crippen LogP contribution in [-0.2, 0) is 14.3 Å². The number of carbonyl (C=O) groups excluding carboxylic acids is 2. The van der Waals surface area contributed by atoms with Crippen LogP contribution in [0.5, 0.6) is 0 Å². The minimum absolute atomic E-state index is 0.0450. The fourth-order valence-electron chi connectivity index (χ4n) is 7.16. The lowest BCUT2D eigenvalue weighted by Crippen LogP contribution is -2.46. The molecule has 0 saturated carbocycles. The van der Waals surface area contributed by atoms with Gasteiger partial charge in [0.25, 0.3) is 0 Å². The summed E-state index contributed by atoms with van der Waals surface area (Å²) in [5.41, 5.74) is 0. The van der Waals surface area contributed by atoms with Gasteiger partial charge in [-0.3, -0.25) is 9.59 Å². The summed E-state index contributed by atoms with van der Waals surface area (Å²) < 4.78 is 5.80. The number of carbonyl (C=O) groups is 2. The van der Waals surface area contributed by atoms with E-state index in [0.717, 1.165) is 64.2 Å². The molecule has 0 aliphatic carbocycles. The molecule has 6 nitrogen and oxygen atoms in total. The molecule has 0 aromatic rings. The molecule has 58 heavy (non-hydrogen) atoms. The predicted octanol–water partition coefficient (Wildman–Crippen LogP) is 14.5. The Kier molecular flexibility index (Phi) is 43.7. The third kappa shape index (κ3) is 40.3. The van der Waals surface area contributed by atoms with Crippen LogP contribution >= 0.6 is 0 Å². The van der Waals surface area contributed by atoms with Gasteiger partial charge in [0.15, 0.2) is 0 Å². The molecule has 336 valence electrons. The van der Waals surface area contributed by atoms with Crippen LogP contribution in [0.4, 0.5) is 0 Å². The lowest BCUT2D eigenvalue weighted by atomic mass is 10.0. The summed E-state index contributed by atoms with van der Waals surface area (Å²) in [7, 11) is 0. The maximum Gasteiger partial charge on any atom is 0.306 e. The highest BCUT2D eigenvalue weighted by Crippen LogP contribution is 2.16. The number of unbranched alkanes of at least 4 members (excludes halogenated alkanes) is 23. The van der Waals surface area contributed by atoms with E-state index in [2.05, 4.69) is 74.7 Å². The SMILES string of the molecule is CC/C=C/C/C=C/C/C=C/C/C=C/C/C=C/C(CC(=O)NC(CO)C(O)CCCCCCCCCCCCCCCCC)OC(=O)CCCCCCCCCCCC. The van der Waals surface area contributed by atoms with E-state index >= 15 is 0 Å². The summed E-state index contributed by atoms with van der Waals surface area (Å²) in [5.74, 6) is -0.628. The molecule has 0 radical (unpaired) electrons. The lowest BCUT2D eigenvalue weighted by Gasteiger charge is -2.23. The predicted molar refractivity (Wildman–Crippen MR) is 250 cm³/mol. The van der Waals surface area contributed by atoms with Gasteiger partial charge in [-0.15, -0.1) is 0 Å². The summed E-state index contributed by atoms with van der Waals surface area (Å²) in [6.45, 7) is 6.32. The molecule has 3 N–H and O–H groups in total. The first-order valence-electron chi connectivity index (χ1n) is 24.5. The van der Waals surface area contributed by atoms with Gasteiger partial charge < -0.3 is 20.3 Å². The molecule has 3 atom stereocenters. The zero-order valence-corrected chi connectivity index (χ0v) is 38.2.